The zero-order chi connectivity index (χ0) is 18.8. The van der Waals surface area contributed by atoms with Crippen molar-refractivity contribution in [2.45, 2.75) is 12.8 Å². The molecule has 27 heavy (non-hydrogen) atoms. The molecule has 4 rings (SSSR count). The Hall–Kier alpha value is -2.73. The standard InChI is InChI=1S/C20H20ClN3O3/c21-14-7-8-16(23-9-3-4-10-23)15(11-14)22-19(25)12-24-17-5-1-2-6-18(17)27-13-20(24)26/h1-2,5-8,11H,3-4,9-10,12-13H2,(H,22,25). The molecule has 1 fully saturated rings. The van der Waals surface area contributed by atoms with Crippen molar-refractivity contribution in [2.24, 2.45) is 0 Å². The van der Waals surface area contributed by atoms with Crippen molar-refractivity contribution >= 4 is 40.5 Å². The number of fused-ring (bicyclic) bond motifs is 1. The maximum Gasteiger partial charge on any atom is 0.265 e. The summed E-state index contributed by atoms with van der Waals surface area (Å²) >= 11 is 6.14. The number of rotatable bonds is 4. The number of hydrogen-bond acceptors (Lipinski definition) is 4. The van der Waals surface area contributed by atoms with Crippen molar-refractivity contribution in [3.05, 3.63) is 47.5 Å². The van der Waals surface area contributed by atoms with Gasteiger partial charge in [-0.3, -0.25) is 14.5 Å². The van der Waals surface area contributed by atoms with Crippen LogP contribution in [0.5, 0.6) is 5.75 Å². The van der Waals surface area contributed by atoms with Gasteiger partial charge >= 0.3 is 0 Å². The first-order valence-corrected chi connectivity index (χ1v) is 9.36. The second kappa shape index (κ2) is 7.48. The molecule has 0 saturated carbocycles. The van der Waals surface area contributed by atoms with Crippen LogP contribution in [0.2, 0.25) is 5.02 Å². The number of ether oxygens (including phenoxy) is 1. The molecule has 0 spiro atoms. The lowest BCUT2D eigenvalue weighted by Gasteiger charge is -2.29. The summed E-state index contributed by atoms with van der Waals surface area (Å²) in [6.07, 6.45) is 2.27. The smallest absolute Gasteiger partial charge is 0.265 e. The number of halogens is 1. The highest BCUT2D eigenvalue weighted by Crippen LogP contribution is 2.33. The Balaban J connectivity index is 1.53. The van der Waals surface area contributed by atoms with E-state index in [0.717, 1.165) is 31.6 Å². The Morgan fingerprint density at radius 3 is 2.70 bits per heavy atom. The van der Waals surface area contributed by atoms with Crippen LogP contribution in [0.4, 0.5) is 17.1 Å². The molecule has 0 atom stereocenters. The van der Waals surface area contributed by atoms with E-state index in [1.165, 1.54) is 4.90 Å². The Morgan fingerprint density at radius 1 is 1.11 bits per heavy atom. The largest absolute Gasteiger partial charge is 0.482 e. The lowest BCUT2D eigenvalue weighted by molar-refractivity contribution is -0.123. The summed E-state index contributed by atoms with van der Waals surface area (Å²) in [5.41, 5.74) is 2.23. The summed E-state index contributed by atoms with van der Waals surface area (Å²) in [5, 5.41) is 3.48. The zero-order valence-electron chi connectivity index (χ0n) is 14.8. The van der Waals surface area contributed by atoms with Crippen LogP contribution >= 0.6 is 11.6 Å². The summed E-state index contributed by atoms with van der Waals surface area (Å²) in [5.74, 6) is 0.0860. The average molecular weight is 386 g/mol. The van der Waals surface area contributed by atoms with Crippen LogP contribution in [0.3, 0.4) is 0 Å². The molecule has 1 saturated heterocycles. The van der Waals surface area contributed by atoms with Crippen LogP contribution in [0, 0.1) is 0 Å². The highest BCUT2D eigenvalue weighted by atomic mass is 35.5. The first-order chi connectivity index (χ1) is 13.1. The molecular weight excluding hydrogens is 366 g/mol. The van der Waals surface area contributed by atoms with Crippen molar-refractivity contribution in [1.82, 2.24) is 0 Å². The monoisotopic (exact) mass is 385 g/mol. The predicted octanol–water partition coefficient (Wildman–Crippen LogP) is 3.30. The van der Waals surface area contributed by atoms with Crippen molar-refractivity contribution < 1.29 is 14.3 Å². The fourth-order valence-corrected chi connectivity index (χ4v) is 3.67. The number of hydrogen-bond donors (Lipinski definition) is 1. The van der Waals surface area contributed by atoms with Gasteiger partial charge in [0.15, 0.2) is 6.61 Å². The molecule has 0 aliphatic carbocycles. The topological polar surface area (TPSA) is 61.9 Å². The highest BCUT2D eigenvalue weighted by molar-refractivity contribution is 6.31. The lowest BCUT2D eigenvalue weighted by Crippen LogP contribution is -2.43. The molecule has 2 heterocycles. The molecule has 0 unspecified atom stereocenters. The number of carbonyl (C=O) groups excluding carboxylic acids is 2. The van der Waals surface area contributed by atoms with Crippen LogP contribution < -0.4 is 19.9 Å². The molecule has 1 N–H and O–H groups in total. The van der Waals surface area contributed by atoms with Gasteiger partial charge in [-0.05, 0) is 43.2 Å². The van der Waals surface area contributed by atoms with E-state index >= 15 is 0 Å². The molecule has 2 aliphatic rings. The van der Waals surface area contributed by atoms with Gasteiger partial charge in [-0.2, -0.15) is 0 Å². The predicted molar refractivity (Wildman–Crippen MR) is 106 cm³/mol. The van der Waals surface area contributed by atoms with Gasteiger partial charge in [0.05, 0.1) is 17.1 Å². The Bertz CT molecular complexity index is 881. The molecule has 7 heteroatoms. The van der Waals surface area contributed by atoms with Crippen molar-refractivity contribution in [3.8, 4) is 5.75 Å². The summed E-state index contributed by atoms with van der Waals surface area (Å²) < 4.78 is 5.42. The van der Waals surface area contributed by atoms with Crippen molar-refractivity contribution in [1.29, 1.82) is 0 Å². The maximum atomic E-state index is 12.7. The summed E-state index contributed by atoms with van der Waals surface area (Å²) in [4.78, 5) is 28.7. The van der Waals surface area contributed by atoms with Gasteiger partial charge in [0.25, 0.3) is 5.91 Å². The number of amides is 2. The first kappa shape index (κ1) is 17.7. The minimum Gasteiger partial charge on any atom is -0.482 e. The molecule has 0 aromatic heterocycles. The second-order valence-corrected chi connectivity index (χ2v) is 7.08. The van der Waals surface area contributed by atoms with Crippen LogP contribution in [-0.4, -0.2) is 38.1 Å². The van der Waals surface area contributed by atoms with Crippen LogP contribution in [0.15, 0.2) is 42.5 Å². The van der Waals surface area contributed by atoms with Crippen molar-refractivity contribution in [3.63, 3.8) is 0 Å². The van der Waals surface area contributed by atoms with Gasteiger partial charge in [0.2, 0.25) is 5.91 Å². The number of nitrogens with one attached hydrogen (secondary N) is 1. The fourth-order valence-electron chi connectivity index (χ4n) is 3.50. The van der Waals surface area contributed by atoms with E-state index in [1.54, 1.807) is 18.2 Å². The molecule has 6 nitrogen and oxygen atoms in total. The Labute approximate surface area is 162 Å². The minimum atomic E-state index is -0.275. The van der Waals surface area contributed by atoms with E-state index in [1.807, 2.05) is 24.3 Å². The summed E-state index contributed by atoms with van der Waals surface area (Å²) in [6.45, 7) is 1.77. The van der Waals surface area contributed by atoms with Gasteiger partial charge in [-0.15, -0.1) is 0 Å². The summed E-state index contributed by atoms with van der Waals surface area (Å²) in [7, 11) is 0. The third kappa shape index (κ3) is 3.71. The first-order valence-electron chi connectivity index (χ1n) is 8.98. The normalized spacial score (nSPS) is 16.1. The molecule has 2 aliphatic heterocycles. The number of benzene rings is 2. The second-order valence-electron chi connectivity index (χ2n) is 6.64. The van der Waals surface area contributed by atoms with Gasteiger partial charge in [0, 0.05) is 18.1 Å². The van der Waals surface area contributed by atoms with E-state index in [0.29, 0.717) is 22.1 Å². The third-order valence-electron chi connectivity index (χ3n) is 4.79. The highest BCUT2D eigenvalue weighted by Gasteiger charge is 2.27. The molecular formula is C20H20ClN3O3. The molecule has 2 amide bonds. The summed E-state index contributed by atoms with van der Waals surface area (Å²) in [6, 6.07) is 12.7. The molecule has 140 valence electrons. The van der Waals surface area contributed by atoms with E-state index in [4.69, 9.17) is 16.3 Å². The maximum absolute atomic E-state index is 12.7. The number of nitrogens with zero attached hydrogens (tertiary/aromatic N) is 2. The number of para-hydroxylation sites is 2. The van der Waals surface area contributed by atoms with Gasteiger partial charge in [-0.1, -0.05) is 23.7 Å². The van der Waals surface area contributed by atoms with E-state index in [9.17, 15) is 9.59 Å². The Kier molecular flexibility index (Phi) is 4.90. The third-order valence-corrected chi connectivity index (χ3v) is 5.02. The van der Waals surface area contributed by atoms with Gasteiger partial charge < -0.3 is 15.0 Å². The van der Waals surface area contributed by atoms with Crippen LogP contribution in [0.25, 0.3) is 0 Å². The van der Waals surface area contributed by atoms with Crippen molar-refractivity contribution in [2.75, 3.05) is 41.4 Å². The average Bonchev–Trinajstić information content (AvgIpc) is 3.19. The van der Waals surface area contributed by atoms with Gasteiger partial charge in [0.1, 0.15) is 12.3 Å². The van der Waals surface area contributed by atoms with E-state index < -0.39 is 0 Å². The number of carbonyl (C=O) groups is 2. The molecule has 0 bridgehead atoms. The Morgan fingerprint density at radius 2 is 1.89 bits per heavy atom. The lowest BCUT2D eigenvalue weighted by atomic mass is 10.2. The quantitative estimate of drug-likeness (QED) is 0.877. The van der Waals surface area contributed by atoms with Crippen LogP contribution in [0.1, 0.15) is 12.8 Å². The minimum absolute atomic E-state index is 0.0690. The van der Waals surface area contributed by atoms with Gasteiger partial charge in [-0.25, -0.2) is 0 Å². The fraction of sp³-hybridized carbons (Fsp3) is 0.300. The molecule has 2 aromatic rings. The van der Waals surface area contributed by atoms with Crippen LogP contribution in [-0.2, 0) is 9.59 Å². The van der Waals surface area contributed by atoms with E-state index in [-0.39, 0.29) is 25.0 Å². The number of anilines is 3. The SMILES string of the molecule is O=C(CN1C(=O)COc2ccccc21)Nc1cc(Cl)ccc1N1CCCC1. The molecule has 2 aromatic carbocycles. The molecule has 0 radical (unpaired) electrons. The van der Waals surface area contributed by atoms with E-state index in [2.05, 4.69) is 10.2 Å². The zero-order valence-corrected chi connectivity index (χ0v) is 15.5.